The maximum atomic E-state index is 10.5. The van der Waals surface area contributed by atoms with Gasteiger partial charge >= 0.3 is 15.2 Å². The Morgan fingerprint density at radius 1 is 1.17 bits per heavy atom. The van der Waals surface area contributed by atoms with Gasteiger partial charge < -0.3 is 24.9 Å². The fourth-order valence-electron chi connectivity index (χ4n) is 0.616. The van der Waals surface area contributed by atoms with E-state index in [1.807, 2.05) is 0 Å². The summed E-state index contributed by atoms with van der Waals surface area (Å²) in [6, 6.07) is 0. The minimum atomic E-state index is -4.74. The smallest absolute Gasteiger partial charge is 0.324 e. The number of nitrogens with one attached hydrogen (secondary N) is 1. The Bertz CT molecular complexity index is 207. The Morgan fingerprint density at radius 3 is 1.58 bits per heavy atom. The van der Waals surface area contributed by atoms with Gasteiger partial charge in [-0.25, -0.2) is 0 Å². The van der Waals surface area contributed by atoms with E-state index in [0.29, 0.717) is 0 Å². The van der Waals surface area contributed by atoms with E-state index in [2.05, 4.69) is 5.32 Å². The van der Waals surface area contributed by atoms with Gasteiger partial charge in [0.1, 0.15) is 0 Å². The molecule has 0 aromatic carbocycles. The van der Waals surface area contributed by atoms with Crippen molar-refractivity contribution in [3.8, 4) is 0 Å². The molecule has 0 fully saturated rings. The van der Waals surface area contributed by atoms with Gasteiger partial charge in [0.25, 0.3) is 0 Å². The van der Waals surface area contributed by atoms with Crippen LogP contribution in [0.3, 0.4) is 0 Å². The molecule has 0 unspecified atom stereocenters. The fourth-order valence-corrected chi connectivity index (χ4v) is 3.02. The van der Waals surface area contributed by atoms with Gasteiger partial charge in [-0.2, -0.15) is 0 Å². The van der Waals surface area contributed by atoms with E-state index in [-0.39, 0.29) is 0 Å². The Balaban J connectivity index is 4.70. The number of hydrogen-bond donors (Lipinski definition) is 5. The first-order valence-corrected chi connectivity index (χ1v) is 6.31. The van der Waals surface area contributed by atoms with Crippen LogP contribution in [0.15, 0.2) is 0 Å². The largest absolute Gasteiger partial charge is 0.342 e. The summed E-state index contributed by atoms with van der Waals surface area (Å²) in [5.41, 5.74) is 0. The van der Waals surface area contributed by atoms with Crippen molar-refractivity contribution < 1.29 is 28.7 Å². The monoisotopic (exact) mass is 219 g/mol. The van der Waals surface area contributed by atoms with Crippen molar-refractivity contribution in [2.75, 3.05) is 13.6 Å². The summed E-state index contributed by atoms with van der Waals surface area (Å²) in [4.78, 5) is 34.1. The van der Waals surface area contributed by atoms with Gasteiger partial charge in [-0.05, 0) is 7.05 Å². The normalized spacial score (nSPS) is 13.8. The fraction of sp³-hybridized carbons (Fsp3) is 1.00. The van der Waals surface area contributed by atoms with Crippen LogP contribution in [0.1, 0.15) is 0 Å². The average molecular weight is 219 g/mol. The van der Waals surface area contributed by atoms with E-state index in [0.717, 1.165) is 0 Å². The van der Waals surface area contributed by atoms with Gasteiger partial charge in [-0.15, -0.1) is 0 Å². The zero-order valence-electron chi connectivity index (χ0n) is 6.28. The van der Waals surface area contributed by atoms with Crippen LogP contribution < -0.4 is 5.32 Å². The summed E-state index contributed by atoms with van der Waals surface area (Å²) in [5.74, 6) is 0. The van der Waals surface area contributed by atoms with E-state index in [1.54, 1.807) is 0 Å². The van der Waals surface area contributed by atoms with E-state index < -0.39 is 27.1 Å². The van der Waals surface area contributed by atoms with E-state index in [1.165, 1.54) is 7.05 Å². The molecule has 0 aromatic rings. The average Bonchev–Trinajstić information content (AvgIpc) is 1.77. The zero-order valence-corrected chi connectivity index (χ0v) is 8.07. The Labute approximate surface area is 69.1 Å². The Kier molecular flexibility index (Phi) is 4.07. The van der Waals surface area contributed by atoms with E-state index >= 15 is 0 Å². The van der Waals surface area contributed by atoms with Gasteiger partial charge in [0, 0.05) is 6.54 Å². The highest BCUT2D eigenvalue weighted by Gasteiger charge is 2.42. The lowest BCUT2D eigenvalue weighted by Gasteiger charge is -2.18. The van der Waals surface area contributed by atoms with Crippen molar-refractivity contribution in [1.29, 1.82) is 0 Å². The summed E-state index contributed by atoms with van der Waals surface area (Å²) in [6.07, 6.45) is 0. The molecule has 0 radical (unpaired) electrons. The van der Waals surface area contributed by atoms with Crippen molar-refractivity contribution in [3.05, 3.63) is 0 Å². The molecule has 0 saturated heterocycles. The lowest BCUT2D eigenvalue weighted by molar-refractivity contribution is 0.337. The van der Waals surface area contributed by atoms with Crippen molar-refractivity contribution in [3.63, 3.8) is 0 Å². The standard InChI is InChI=1S/C3H11NO6P2/c1-4-2-3(11(5,6)7)12(8,9)10/h3-4H,2H2,1H3,(H2,5,6,7)(H2,8,9,10). The summed E-state index contributed by atoms with van der Waals surface area (Å²) in [5, 5.41) is 0.347. The highest BCUT2D eigenvalue weighted by atomic mass is 31.2. The second-order valence-corrected chi connectivity index (χ2v) is 6.23. The molecule has 0 aliphatic carbocycles. The van der Waals surface area contributed by atoms with Crippen LogP contribution in [0.4, 0.5) is 0 Å². The first-order chi connectivity index (χ1) is 5.19. The molecule has 0 spiro atoms. The van der Waals surface area contributed by atoms with Crippen LogP contribution >= 0.6 is 15.2 Å². The molecule has 0 aliphatic heterocycles. The molecule has 74 valence electrons. The number of rotatable bonds is 4. The third kappa shape index (κ3) is 3.78. The van der Waals surface area contributed by atoms with Crippen LogP contribution in [0.25, 0.3) is 0 Å². The summed E-state index contributed by atoms with van der Waals surface area (Å²) >= 11 is 0. The summed E-state index contributed by atoms with van der Waals surface area (Å²) < 4.78 is 21.1. The molecule has 0 heterocycles. The molecule has 0 atom stereocenters. The lowest BCUT2D eigenvalue weighted by Crippen LogP contribution is -2.23. The third-order valence-electron chi connectivity index (χ3n) is 1.16. The van der Waals surface area contributed by atoms with Crippen LogP contribution in [-0.4, -0.2) is 38.6 Å². The van der Waals surface area contributed by atoms with Crippen molar-refractivity contribution in [1.82, 2.24) is 5.32 Å². The Morgan fingerprint density at radius 2 is 1.50 bits per heavy atom. The van der Waals surface area contributed by atoms with Crippen LogP contribution in [-0.2, 0) is 9.13 Å². The minimum Gasteiger partial charge on any atom is -0.324 e. The molecule has 0 aliphatic rings. The SMILES string of the molecule is CNCC(P(=O)(O)O)P(=O)(O)O. The first-order valence-electron chi connectivity index (χ1n) is 2.94. The predicted molar refractivity (Wildman–Crippen MR) is 41.8 cm³/mol. The first kappa shape index (κ1) is 12.3. The van der Waals surface area contributed by atoms with Crippen LogP contribution in [0.2, 0.25) is 0 Å². The van der Waals surface area contributed by atoms with Gasteiger partial charge in [0.2, 0.25) is 0 Å². The molecule has 5 N–H and O–H groups in total. The van der Waals surface area contributed by atoms with E-state index in [4.69, 9.17) is 19.6 Å². The molecule has 0 rings (SSSR count). The quantitative estimate of drug-likeness (QED) is 0.379. The molecule has 7 nitrogen and oxygen atoms in total. The van der Waals surface area contributed by atoms with Gasteiger partial charge in [-0.3, -0.25) is 9.13 Å². The summed E-state index contributed by atoms with van der Waals surface area (Å²) in [7, 11) is -8.13. The summed E-state index contributed by atoms with van der Waals surface area (Å²) in [6.45, 7) is -0.422. The molecule has 9 heteroatoms. The topological polar surface area (TPSA) is 127 Å². The maximum Gasteiger partial charge on any atom is 0.342 e. The second kappa shape index (κ2) is 3.98. The van der Waals surface area contributed by atoms with E-state index in [9.17, 15) is 9.13 Å². The zero-order chi connectivity index (χ0) is 9.99. The third-order valence-corrected chi connectivity index (χ3v) is 4.89. The van der Waals surface area contributed by atoms with Crippen molar-refractivity contribution in [2.45, 2.75) is 5.40 Å². The molecule has 12 heavy (non-hydrogen) atoms. The molecule has 0 aromatic heterocycles. The molecule has 0 saturated carbocycles. The predicted octanol–water partition coefficient (Wildman–Crippen LogP) is -1.11. The lowest BCUT2D eigenvalue weighted by atomic mass is 10.7. The molecule has 0 bridgehead atoms. The molecule has 0 amide bonds. The maximum absolute atomic E-state index is 10.5. The molecular formula is C3H11NO6P2. The number of hydrogen-bond acceptors (Lipinski definition) is 3. The van der Waals surface area contributed by atoms with Gasteiger partial charge in [-0.1, -0.05) is 0 Å². The highest BCUT2D eigenvalue weighted by Crippen LogP contribution is 2.59. The Hall–Kier alpha value is 0.260. The van der Waals surface area contributed by atoms with Gasteiger partial charge in [0.05, 0.1) is 0 Å². The highest BCUT2D eigenvalue weighted by molar-refractivity contribution is 7.70. The van der Waals surface area contributed by atoms with Crippen LogP contribution in [0.5, 0.6) is 0 Å². The minimum absolute atomic E-state index is 0.422. The van der Waals surface area contributed by atoms with Crippen LogP contribution in [0, 0.1) is 0 Å². The van der Waals surface area contributed by atoms with Crippen molar-refractivity contribution >= 4 is 15.2 Å². The van der Waals surface area contributed by atoms with Crippen molar-refractivity contribution in [2.24, 2.45) is 0 Å². The second-order valence-electron chi connectivity index (χ2n) is 2.22. The van der Waals surface area contributed by atoms with Gasteiger partial charge in [0.15, 0.2) is 5.40 Å². The molecular weight excluding hydrogens is 208 g/mol.